The molecule has 0 radical (unpaired) electrons. The molecule has 0 bridgehead atoms. The lowest BCUT2D eigenvalue weighted by atomic mass is 9.88. The molecule has 0 saturated heterocycles. The lowest BCUT2D eigenvalue weighted by Gasteiger charge is -2.25. The number of benzene rings is 1. The normalized spacial score (nSPS) is 13.7. The number of aromatic nitrogens is 1. The first kappa shape index (κ1) is 14.3. The lowest BCUT2D eigenvalue weighted by molar-refractivity contribution is 0.374. The molecule has 0 aliphatic rings. The van der Waals surface area contributed by atoms with Gasteiger partial charge in [0.1, 0.15) is 0 Å². The van der Waals surface area contributed by atoms with E-state index in [0.29, 0.717) is 0 Å². The number of nitrogens with zero attached hydrogens (tertiary/aromatic N) is 1. The van der Waals surface area contributed by atoms with Crippen molar-refractivity contribution in [3.63, 3.8) is 0 Å². The van der Waals surface area contributed by atoms with E-state index in [1.807, 2.05) is 6.92 Å². The van der Waals surface area contributed by atoms with E-state index in [0.717, 1.165) is 24.1 Å². The fourth-order valence-corrected chi connectivity index (χ4v) is 2.27. The predicted molar refractivity (Wildman–Crippen MR) is 83.9 cm³/mol. The molecule has 0 N–H and O–H groups in total. The third-order valence-corrected chi connectivity index (χ3v) is 4.39. The monoisotopic (exact) mass is 275 g/mol. The summed E-state index contributed by atoms with van der Waals surface area (Å²) in [5.74, 6) is 0. The quantitative estimate of drug-likeness (QED) is 0.708. The topological polar surface area (TPSA) is 12.9 Å². The van der Waals surface area contributed by atoms with Gasteiger partial charge in [0.25, 0.3) is 0 Å². The van der Waals surface area contributed by atoms with Gasteiger partial charge >= 0.3 is 0 Å². The highest BCUT2D eigenvalue weighted by atomic mass is 35.5. The van der Waals surface area contributed by atoms with Crippen molar-refractivity contribution < 1.29 is 0 Å². The van der Waals surface area contributed by atoms with Gasteiger partial charge in [0.15, 0.2) is 0 Å². The molecule has 1 aromatic heterocycles. The Bertz CT molecular complexity index is 569. The minimum Gasteiger partial charge on any atom is -0.253 e. The summed E-state index contributed by atoms with van der Waals surface area (Å²) in [5, 5.41) is 1.42. The molecule has 2 heteroatoms. The van der Waals surface area contributed by atoms with E-state index in [1.165, 1.54) is 10.9 Å². The molecule has 1 aromatic carbocycles. The predicted octanol–water partition coefficient (Wildman–Crippen LogP) is 5.13. The van der Waals surface area contributed by atoms with Crippen LogP contribution in [0, 0.1) is 12.3 Å². The van der Waals surface area contributed by atoms with Gasteiger partial charge in [0, 0.05) is 16.5 Å². The Morgan fingerprint density at radius 2 is 1.89 bits per heavy atom. The second kappa shape index (κ2) is 5.50. The minimum atomic E-state index is 0.164. The third kappa shape index (κ3) is 3.70. The first-order valence-corrected chi connectivity index (χ1v) is 7.30. The number of fused-ring (bicyclic) bond motifs is 1. The standard InChI is InChI=1S/C17H22ClN/c1-12-5-8-14-11-13(6-9-15(14)19-12)7-10-16(18)17(2,3)4/h5-6,8-9,11,16H,7,10H2,1-4H3. The Kier molecular flexibility index (Phi) is 4.15. The molecule has 2 rings (SSSR count). The summed E-state index contributed by atoms with van der Waals surface area (Å²) in [6.07, 6.45) is 2.03. The second-order valence-electron chi connectivity index (χ2n) is 6.35. The van der Waals surface area contributed by atoms with Crippen LogP contribution in [0.1, 0.15) is 38.4 Å². The van der Waals surface area contributed by atoms with Crippen molar-refractivity contribution in [1.29, 1.82) is 0 Å². The molecule has 102 valence electrons. The average molecular weight is 276 g/mol. The van der Waals surface area contributed by atoms with E-state index in [-0.39, 0.29) is 10.8 Å². The molecular weight excluding hydrogens is 254 g/mol. The van der Waals surface area contributed by atoms with Crippen LogP contribution in [-0.4, -0.2) is 10.4 Å². The molecule has 0 spiro atoms. The van der Waals surface area contributed by atoms with Crippen molar-refractivity contribution in [2.45, 2.75) is 45.9 Å². The number of alkyl halides is 1. The summed E-state index contributed by atoms with van der Waals surface area (Å²) >= 11 is 6.43. The zero-order valence-electron chi connectivity index (χ0n) is 12.2. The molecular formula is C17H22ClN. The van der Waals surface area contributed by atoms with Gasteiger partial charge in [-0.3, -0.25) is 4.98 Å². The number of pyridine rings is 1. The molecule has 0 saturated carbocycles. The Labute approximate surface area is 121 Å². The van der Waals surface area contributed by atoms with Gasteiger partial charge in [-0.2, -0.15) is 0 Å². The Morgan fingerprint density at radius 1 is 1.16 bits per heavy atom. The van der Waals surface area contributed by atoms with E-state index in [2.05, 4.69) is 56.1 Å². The zero-order valence-corrected chi connectivity index (χ0v) is 13.0. The maximum absolute atomic E-state index is 6.43. The van der Waals surface area contributed by atoms with Crippen LogP contribution in [0.15, 0.2) is 30.3 Å². The number of hydrogen-bond donors (Lipinski definition) is 0. The maximum atomic E-state index is 6.43. The largest absolute Gasteiger partial charge is 0.253 e. The summed E-state index contributed by atoms with van der Waals surface area (Å²) in [5.41, 5.74) is 3.64. The van der Waals surface area contributed by atoms with Crippen molar-refractivity contribution in [2.24, 2.45) is 5.41 Å². The number of aryl methyl sites for hydroxylation is 2. The van der Waals surface area contributed by atoms with Gasteiger partial charge < -0.3 is 0 Å². The summed E-state index contributed by atoms with van der Waals surface area (Å²) in [7, 11) is 0. The van der Waals surface area contributed by atoms with Crippen molar-refractivity contribution >= 4 is 22.5 Å². The molecule has 1 unspecified atom stereocenters. The van der Waals surface area contributed by atoms with Crippen LogP contribution in [0.5, 0.6) is 0 Å². The van der Waals surface area contributed by atoms with Gasteiger partial charge in [0.2, 0.25) is 0 Å². The number of halogens is 1. The Hall–Kier alpha value is -1.08. The molecule has 0 aliphatic heterocycles. The second-order valence-corrected chi connectivity index (χ2v) is 6.88. The third-order valence-electron chi connectivity index (χ3n) is 3.52. The van der Waals surface area contributed by atoms with E-state index >= 15 is 0 Å². The smallest absolute Gasteiger partial charge is 0.0705 e. The molecule has 2 aromatic rings. The van der Waals surface area contributed by atoms with Crippen molar-refractivity contribution in [2.75, 3.05) is 0 Å². The lowest BCUT2D eigenvalue weighted by Crippen LogP contribution is -2.21. The van der Waals surface area contributed by atoms with Crippen molar-refractivity contribution in [1.82, 2.24) is 4.98 Å². The minimum absolute atomic E-state index is 0.164. The highest BCUT2D eigenvalue weighted by molar-refractivity contribution is 6.21. The van der Waals surface area contributed by atoms with Gasteiger partial charge in [-0.25, -0.2) is 0 Å². The van der Waals surface area contributed by atoms with E-state index in [4.69, 9.17) is 11.6 Å². The highest BCUT2D eigenvalue weighted by Crippen LogP contribution is 2.28. The fraction of sp³-hybridized carbons (Fsp3) is 0.471. The Morgan fingerprint density at radius 3 is 2.58 bits per heavy atom. The van der Waals surface area contributed by atoms with Gasteiger partial charge in [-0.05, 0) is 48.9 Å². The van der Waals surface area contributed by atoms with Crippen LogP contribution in [0.4, 0.5) is 0 Å². The molecule has 1 heterocycles. The molecule has 0 amide bonds. The zero-order chi connectivity index (χ0) is 14.0. The number of hydrogen-bond acceptors (Lipinski definition) is 1. The molecule has 19 heavy (non-hydrogen) atoms. The van der Waals surface area contributed by atoms with E-state index in [9.17, 15) is 0 Å². The molecule has 1 atom stereocenters. The van der Waals surface area contributed by atoms with Crippen LogP contribution in [-0.2, 0) is 6.42 Å². The SMILES string of the molecule is Cc1ccc2cc(CCC(Cl)C(C)(C)C)ccc2n1. The van der Waals surface area contributed by atoms with Gasteiger partial charge in [-0.1, -0.05) is 32.9 Å². The van der Waals surface area contributed by atoms with Crippen LogP contribution in [0.2, 0.25) is 0 Å². The van der Waals surface area contributed by atoms with Crippen LogP contribution < -0.4 is 0 Å². The fourth-order valence-electron chi connectivity index (χ4n) is 2.16. The number of rotatable bonds is 3. The van der Waals surface area contributed by atoms with E-state index < -0.39 is 0 Å². The van der Waals surface area contributed by atoms with E-state index in [1.54, 1.807) is 0 Å². The first-order valence-electron chi connectivity index (χ1n) is 6.86. The summed E-state index contributed by atoms with van der Waals surface area (Å²) in [4.78, 5) is 4.53. The van der Waals surface area contributed by atoms with Gasteiger partial charge in [-0.15, -0.1) is 11.6 Å². The molecule has 0 aliphatic carbocycles. The highest BCUT2D eigenvalue weighted by Gasteiger charge is 2.21. The van der Waals surface area contributed by atoms with Crippen LogP contribution >= 0.6 is 11.6 Å². The summed E-state index contributed by atoms with van der Waals surface area (Å²) in [6.45, 7) is 8.60. The van der Waals surface area contributed by atoms with Gasteiger partial charge in [0.05, 0.1) is 5.52 Å². The van der Waals surface area contributed by atoms with Crippen molar-refractivity contribution in [3.8, 4) is 0 Å². The first-order chi connectivity index (χ1) is 8.86. The summed E-state index contributed by atoms with van der Waals surface area (Å²) in [6, 6.07) is 10.7. The molecule has 0 fully saturated rings. The summed E-state index contributed by atoms with van der Waals surface area (Å²) < 4.78 is 0. The Balaban J connectivity index is 2.12. The van der Waals surface area contributed by atoms with Crippen LogP contribution in [0.3, 0.4) is 0 Å². The van der Waals surface area contributed by atoms with Crippen LogP contribution in [0.25, 0.3) is 10.9 Å². The molecule has 1 nitrogen and oxygen atoms in total. The maximum Gasteiger partial charge on any atom is 0.0705 e. The average Bonchev–Trinajstić information content (AvgIpc) is 2.34. The van der Waals surface area contributed by atoms with Crippen molar-refractivity contribution in [3.05, 3.63) is 41.6 Å².